The molecule has 0 aliphatic carbocycles. The van der Waals surface area contributed by atoms with Gasteiger partial charge in [-0.05, 0) is 26.8 Å². The minimum absolute atomic E-state index is 0.204. The first-order valence-corrected chi connectivity index (χ1v) is 5.02. The number of rotatable bonds is 5. The van der Waals surface area contributed by atoms with Crippen LogP contribution in [0.4, 0.5) is 0 Å². The molecule has 14 heavy (non-hydrogen) atoms. The fourth-order valence-corrected chi connectivity index (χ4v) is 1.13. The van der Waals surface area contributed by atoms with Gasteiger partial charge < -0.3 is 10.6 Å². The molecule has 0 radical (unpaired) electrons. The Kier molecular flexibility index (Phi) is 4.10. The summed E-state index contributed by atoms with van der Waals surface area (Å²) in [6.45, 7) is 9.31. The molecule has 3 N–H and O–H groups in total. The van der Waals surface area contributed by atoms with E-state index in [2.05, 4.69) is 41.6 Å². The number of aromatic amines is 1. The van der Waals surface area contributed by atoms with Crippen molar-refractivity contribution in [3.63, 3.8) is 0 Å². The topological polar surface area (TPSA) is 52.7 Å². The molecule has 1 aromatic rings. The highest BCUT2D eigenvalue weighted by molar-refractivity contribution is 4.96. The predicted octanol–water partition coefficient (Wildman–Crippen LogP) is 0.887. The normalized spacial score (nSPS) is 11.9. The summed E-state index contributed by atoms with van der Waals surface area (Å²) in [5, 5.41) is 13.5. The van der Waals surface area contributed by atoms with E-state index in [0.717, 1.165) is 25.3 Å². The summed E-state index contributed by atoms with van der Waals surface area (Å²) < 4.78 is 0. The lowest BCUT2D eigenvalue weighted by atomic mass is 10.1. The lowest BCUT2D eigenvalue weighted by Crippen LogP contribution is -2.40. The van der Waals surface area contributed by atoms with Crippen LogP contribution in [0.25, 0.3) is 0 Å². The Balaban J connectivity index is 2.00. The van der Waals surface area contributed by atoms with Crippen LogP contribution >= 0.6 is 0 Å². The first-order chi connectivity index (χ1) is 6.58. The van der Waals surface area contributed by atoms with E-state index in [1.165, 1.54) is 0 Å². The van der Waals surface area contributed by atoms with E-state index in [1.54, 1.807) is 6.20 Å². The van der Waals surface area contributed by atoms with Crippen molar-refractivity contribution in [2.45, 2.75) is 32.9 Å². The second kappa shape index (κ2) is 5.12. The van der Waals surface area contributed by atoms with Crippen molar-refractivity contribution in [3.05, 3.63) is 18.0 Å². The van der Waals surface area contributed by atoms with Crippen molar-refractivity contribution in [1.82, 2.24) is 20.8 Å². The van der Waals surface area contributed by atoms with Gasteiger partial charge in [-0.25, -0.2) is 0 Å². The summed E-state index contributed by atoms with van der Waals surface area (Å²) in [5.41, 5.74) is 1.33. The zero-order valence-electron chi connectivity index (χ0n) is 9.22. The van der Waals surface area contributed by atoms with Gasteiger partial charge in [0.25, 0.3) is 0 Å². The maximum atomic E-state index is 3.88. The van der Waals surface area contributed by atoms with Crippen molar-refractivity contribution >= 4 is 0 Å². The second-order valence-electron chi connectivity index (χ2n) is 4.44. The molecular formula is C10H20N4. The lowest BCUT2D eigenvalue weighted by molar-refractivity contribution is 0.421. The highest BCUT2D eigenvalue weighted by Crippen LogP contribution is 1.96. The molecule has 0 atom stereocenters. The number of nitrogens with one attached hydrogen (secondary N) is 3. The van der Waals surface area contributed by atoms with Gasteiger partial charge in [0.05, 0.1) is 0 Å². The Morgan fingerprint density at radius 3 is 2.71 bits per heavy atom. The van der Waals surface area contributed by atoms with E-state index >= 15 is 0 Å². The fraction of sp³-hybridized carbons (Fsp3) is 0.700. The van der Waals surface area contributed by atoms with Crippen molar-refractivity contribution in [1.29, 1.82) is 0 Å². The summed E-state index contributed by atoms with van der Waals surface area (Å²) in [4.78, 5) is 0. The fourth-order valence-electron chi connectivity index (χ4n) is 1.13. The molecule has 80 valence electrons. The van der Waals surface area contributed by atoms with Crippen molar-refractivity contribution in [3.8, 4) is 0 Å². The predicted molar refractivity (Wildman–Crippen MR) is 58.1 cm³/mol. The van der Waals surface area contributed by atoms with Crippen LogP contribution in [0.2, 0.25) is 0 Å². The summed E-state index contributed by atoms with van der Waals surface area (Å²) in [7, 11) is 0. The third-order valence-corrected chi connectivity index (χ3v) is 1.83. The molecule has 0 fully saturated rings. The van der Waals surface area contributed by atoms with Crippen LogP contribution in [0.1, 0.15) is 26.5 Å². The van der Waals surface area contributed by atoms with E-state index in [1.807, 2.05) is 6.07 Å². The molecule has 0 amide bonds. The maximum absolute atomic E-state index is 3.88. The van der Waals surface area contributed by atoms with Crippen LogP contribution in [0.15, 0.2) is 12.3 Å². The van der Waals surface area contributed by atoms with Crippen molar-refractivity contribution in [2.75, 3.05) is 13.1 Å². The van der Waals surface area contributed by atoms with Crippen LogP contribution in [0.5, 0.6) is 0 Å². The molecule has 1 aromatic heterocycles. The van der Waals surface area contributed by atoms with Gasteiger partial charge in [-0.2, -0.15) is 5.10 Å². The zero-order valence-corrected chi connectivity index (χ0v) is 9.22. The molecule has 0 saturated carbocycles. The number of hydrogen-bond acceptors (Lipinski definition) is 3. The third kappa shape index (κ3) is 4.99. The first-order valence-electron chi connectivity index (χ1n) is 5.02. The highest BCUT2D eigenvalue weighted by atomic mass is 15.1. The van der Waals surface area contributed by atoms with Gasteiger partial charge >= 0.3 is 0 Å². The van der Waals surface area contributed by atoms with Gasteiger partial charge in [-0.1, -0.05) is 0 Å². The maximum Gasteiger partial charge on any atom is 0.0490 e. The van der Waals surface area contributed by atoms with Gasteiger partial charge in [0.15, 0.2) is 0 Å². The number of H-pyrrole nitrogens is 1. The molecule has 0 aliphatic heterocycles. The second-order valence-corrected chi connectivity index (χ2v) is 4.44. The standard InChI is InChI=1S/C10H20N4/c1-10(2,3)12-7-6-11-8-9-4-5-13-14-9/h4-5,11-12H,6-8H2,1-3H3,(H,13,14). The molecule has 0 saturated heterocycles. The zero-order chi connectivity index (χ0) is 10.4. The Hall–Kier alpha value is -0.870. The summed E-state index contributed by atoms with van der Waals surface area (Å²) in [6.07, 6.45) is 1.77. The Bertz CT molecular complexity index is 235. The number of hydrogen-bond donors (Lipinski definition) is 3. The first kappa shape index (κ1) is 11.2. The molecule has 0 unspecified atom stereocenters. The van der Waals surface area contributed by atoms with Gasteiger partial charge in [0.1, 0.15) is 0 Å². The number of aromatic nitrogens is 2. The Morgan fingerprint density at radius 2 is 2.14 bits per heavy atom. The van der Waals surface area contributed by atoms with Crippen LogP contribution in [-0.4, -0.2) is 28.8 Å². The SMILES string of the molecule is CC(C)(C)NCCNCc1ccn[nH]1. The third-order valence-electron chi connectivity index (χ3n) is 1.83. The van der Waals surface area contributed by atoms with E-state index in [-0.39, 0.29) is 5.54 Å². The molecule has 1 heterocycles. The van der Waals surface area contributed by atoms with Gasteiger partial charge in [-0.15, -0.1) is 0 Å². The monoisotopic (exact) mass is 196 g/mol. The lowest BCUT2D eigenvalue weighted by Gasteiger charge is -2.20. The van der Waals surface area contributed by atoms with Crippen LogP contribution in [0, 0.1) is 0 Å². The molecule has 1 rings (SSSR count). The molecule has 4 heteroatoms. The Labute approximate surface area is 85.5 Å². The largest absolute Gasteiger partial charge is 0.311 e. The molecular weight excluding hydrogens is 176 g/mol. The number of nitrogens with zero attached hydrogens (tertiary/aromatic N) is 1. The quantitative estimate of drug-likeness (QED) is 0.613. The molecule has 0 bridgehead atoms. The van der Waals surface area contributed by atoms with Gasteiger partial charge in [-0.3, -0.25) is 5.10 Å². The minimum Gasteiger partial charge on any atom is -0.311 e. The van der Waals surface area contributed by atoms with Crippen molar-refractivity contribution < 1.29 is 0 Å². The highest BCUT2D eigenvalue weighted by Gasteiger charge is 2.06. The van der Waals surface area contributed by atoms with Crippen LogP contribution < -0.4 is 10.6 Å². The van der Waals surface area contributed by atoms with Crippen molar-refractivity contribution in [2.24, 2.45) is 0 Å². The average Bonchev–Trinajstić information content (AvgIpc) is 2.54. The summed E-state index contributed by atoms with van der Waals surface area (Å²) >= 11 is 0. The smallest absolute Gasteiger partial charge is 0.0490 e. The minimum atomic E-state index is 0.204. The molecule has 0 aliphatic rings. The van der Waals surface area contributed by atoms with E-state index in [4.69, 9.17) is 0 Å². The van der Waals surface area contributed by atoms with Crippen LogP contribution in [-0.2, 0) is 6.54 Å². The summed E-state index contributed by atoms with van der Waals surface area (Å²) in [5.74, 6) is 0. The molecule has 0 aromatic carbocycles. The molecule has 0 spiro atoms. The van der Waals surface area contributed by atoms with E-state index in [0.29, 0.717) is 0 Å². The average molecular weight is 196 g/mol. The van der Waals surface area contributed by atoms with Gasteiger partial charge in [0.2, 0.25) is 0 Å². The summed E-state index contributed by atoms with van der Waals surface area (Å²) in [6, 6.07) is 1.98. The Morgan fingerprint density at radius 1 is 1.36 bits per heavy atom. The van der Waals surface area contributed by atoms with E-state index in [9.17, 15) is 0 Å². The molecule has 4 nitrogen and oxygen atoms in total. The van der Waals surface area contributed by atoms with E-state index < -0.39 is 0 Å². The van der Waals surface area contributed by atoms with Crippen LogP contribution in [0.3, 0.4) is 0 Å². The van der Waals surface area contributed by atoms with Gasteiger partial charge in [0, 0.05) is 37.1 Å².